The molecule has 140 valence electrons. The fraction of sp³-hybridized carbons (Fsp3) is 0.389. The van der Waals surface area contributed by atoms with Crippen LogP contribution in [0.25, 0.3) is 5.69 Å². The molecule has 1 amide bonds. The summed E-state index contributed by atoms with van der Waals surface area (Å²) in [7, 11) is 0. The second kappa shape index (κ2) is 8.82. The molecule has 8 heteroatoms. The van der Waals surface area contributed by atoms with Crippen LogP contribution in [0.5, 0.6) is 0 Å². The number of esters is 1. The molecule has 0 spiro atoms. The van der Waals surface area contributed by atoms with E-state index >= 15 is 0 Å². The van der Waals surface area contributed by atoms with Gasteiger partial charge in [0.2, 0.25) is 5.91 Å². The number of hydrogen-bond donors (Lipinski definition) is 2. The Kier molecular flexibility index (Phi) is 6.76. The molecule has 1 saturated carbocycles. The fourth-order valence-corrected chi connectivity index (χ4v) is 3.04. The molecular formula is C18H23ClN4O3. The number of anilines is 1. The van der Waals surface area contributed by atoms with Gasteiger partial charge in [-0.25, -0.2) is 9.48 Å². The molecule has 7 nitrogen and oxygen atoms in total. The van der Waals surface area contributed by atoms with Crippen LogP contribution < -0.4 is 11.1 Å². The average Bonchev–Trinajstić information content (AvgIpc) is 3.25. The quantitative estimate of drug-likeness (QED) is 0.779. The number of hydrogen-bond acceptors (Lipinski definition) is 5. The number of ether oxygens (including phenoxy) is 1. The van der Waals surface area contributed by atoms with E-state index in [1.54, 1.807) is 23.9 Å². The van der Waals surface area contributed by atoms with E-state index in [1.807, 2.05) is 24.3 Å². The van der Waals surface area contributed by atoms with Gasteiger partial charge in [-0.15, -0.1) is 12.4 Å². The Morgan fingerprint density at radius 3 is 2.77 bits per heavy atom. The molecule has 1 aliphatic rings. The molecule has 0 radical (unpaired) electrons. The molecule has 1 aromatic carbocycles. The smallest absolute Gasteiger partial charge is 0.358 e. The van der Waals surface area contributed by atoms with Crippen molar-refractivity contribution in [3.63, 3.8) is 0 Å². The van der Waals surface area contributed by atoms with Crippen molar-refractivity contribution in [3.05, 3.63) is 42.2 Å². The second-order valence-electron chi connectivity index (χ2n) is 6.14. The molecule has 0 bridgehead atoms. The largest absolute Gasteiger partial charge is 0.461 e. The lowest BCUT2D eigenvalue weighted by Crippen LogP contribution is -2.23. The summed E-state index contributed by atoms with van der Waals surface area (Å²) in [5.74, 6) is -0.559. The van der Waals surface area contributed by atoms with Crippen molar-refractivity contribution in [2.75, 3.05) is 11.9 Å². The van der Waals surface area contributed by atoms with Gasteiger partial charge in [0, 0.05) is 18.2 Å². The Morgan fingerprint density at radius 2 is 2.08 bits per heavy atom. The highest BCUT2D eigenvalue weighted by Crippen LogP contribution is 2.27. The molecule has 2 unspecified atom stereocenters. The van der Waals surface area contributed by atoms with Crippen LogP contribution in [0.3, 0.4) is 0 Å². The van der Waals surface area contributed by atoms with Gasteiger partial charge >= 0.3 is 5.97 Å². The normalized spacial score (nSPS) is 18.8. The molecule has 0 saturated heterocycles. The number of halogens is 1. The molecule has 3 N–H and O–H groups in total. The molecule has 1 aromatic heterocycles. The summed E-state index contributed by atoms with van der Waals surface area (Å²) in [5, 5.41) is 7.21. The summed E-state index contributed by atoms with van der Waals surface area (Å²) in [5.41, 5.74) is 7.46. The van der Waals surface area contributed by atoms with Crippen LogP contribution in [0.2, 0.25) is 0 Å². The van der Waals surface area contributed by atoms with Crippen molar-refractivity contribution in [2.45, 2.75) is 32.2 Å². The predicted molar refractivity (Wildman–Crippen MR) is 101 cm³/mol. The lowest BCUT2D eigenvalue weighted by molar-refractivity contribution is -0.119. The molecule has 2 atom stereocenters. The Balaban J connectivity index is 0.00000243. The zero-order valence-electron chi connectivity index (χ0n) is 14.6. The van der Waals surface area contributed by atoms with Crippen molar-refractivity contribution in [1.29, 1.82) is 0 Å². The third-order valence-corrected chi connectivity index (χ3v) is 4.33. The maximum atomic E-state index is 12.5. The first kappa shape index (κ1) is 19.9. The molecule has 26 heavy (non-hydrogen) atoms. The molecule has 1 heterocycles. The van der Waals surface area contributed by atoms with E-state index in [0.29, 0.717) is 24.4 Å². The number of amides is 1. The number of aromatic nitrogens is 2. The van der Waals surface area contributed by atoms with Crippen LogP contribution in [0.1, 0.15) is 36.7 Å². The van der Waals surface area contributed by atoms with E-state index in [1.165, 1.54) is 0 Å². The van der Waals surface area contributed by atoms with E-state index in [-0.39, 0.29) is 36.0 Å². The highest BCUT2D eigenvalue weighted by Gasteiger charge is 2.28. The Hall–Kier alpha value is -2.38. The first-order valence-electron chi connectivity index (χ1n) is 8.47. The minimum atomic E-state index is -0.470. The number of carbonyl (C=O) groups excluding carboxylic acids is 2. The van der Waals surface area contributed by atoms with E-state index in [9.17, 15) is 9.59 Å². The summed E-state index contributed by atoms with van der Waals surface area (Å²) in [6.45, 7) is 2.04. The van der Waals surface area contributed by atoms with Crippen LogP contribution in [0.15, 0.2) is 36.5 Å². The monoisotopic (exact) mass is 378 g/mol. The van der Waals surface area contributed by atoms with Gasteiger partial charge in [-0.3, -0.25) is 4.79 Å². The first-order valence-corrected chi connectivity index (χ1v) is 8.47. The predicted octanol–water partition coefficient (Wildman–Crippen LogP) is 2.54. The van der Waals surface area contributed by atoms with Gasteiger partial charge in [0.25, 0.3) is 0 Å². The number of nitrogens with zero attached hydrogens (tertiary/aromatic N) is 2. The van der Waals surface area contributed by atoms with Gasteiger partial charge in [0.15, 0.2) is 5.69 Å². The van der Waals surface area contributed by atoms with E-state index in [0.717, 1.165) is 12.8 Å². The molecule has 2 aromatic rings. The van der Waals surface area contributed by atoms with Gasteiger partial charge in [-0.2, -0.15) is 5.10 Å². The second-order valence-corrected chi connectivity index (χ2v) is 6.14. The van der Waals surface area contributed by atoms with Gasteiger partial charge in [-0.1, -0.05) is 12.1 Å². The molecule has 1 aliphatic carbocycles. The number of benzene rings is 1. The Morgan fingerprint density at radius 1 is 1.31 bits per heavy atom. The lowest BCUT2D eigenvalue weighted by atomic mass is 10.1. The minimum Gasteiger partial charge on any atom is -0.461 e. The maximum absolute atomic E-state index is 12.5. The van der Waals surface area contributed by atoms with Crippen LogP contribution in [-0.2, 0) is 9.53 Å². The maximum Gasteiger partial charge on any atom is 0.358 e. The van der Waals surface area contributed by atoms with Crippen LogP contribution in [0, 0.1) is 5.92 Å². The Labute approximate surface area is 158 Å². The Bertz CT molecular complexity index is 777. The molecule has 0 aliphatic heterocycles. The van der Waals surface area contributed by atoms with Gasteiger partial charge in [0.05, 0.1) is 18.0 Å². The highest BCUT2D eigenvalue weighted by molar-refractivity contribution is 5.94. The van der Waals surface area contributed by atoms with E-state index < -0.39 is 5.97 Å². The molecule has 1 fully saturated rings. The van der Waals surface area contributed by atoms with Crippen molar-refractivity contribution >= 4 is 30.0 Å². The van der Waals surface area contributed by atoms with Crippen molar-refractivity contribution < 1.29 is 14.3 Å². The number of rotatable bonds is 5. The third-order valence-electron chi connectivity index (χ3n) is 4.33. The first-order chi connectivity index (χ1) is 12.1. The van der Waals surface area contributed by atoms with Crippen molar-refractivity contribution in [1.82, 2.24) is 9.78 Å². The summed E-state index contributed by atoms with van der Waals surface area (Å²) in [6.07, 6.45) is 4.07. The fourth-order valence-electron chi connectivity index (χ4n) is 3.04. The highest BCUT2D eigenvalue weighted by atomic mass is 35.5. The zero-order chi connectivity index (χ0) is 17.8. The molecular weight excluding hydrogens is 356 g/mol. The standard InChI is InChI=1S/C18H22N4O3.ClH/c1-2-25-18(24)15-9-10-22(21-15)16-6-4-3-5-14(16)20-17(23)12-7-8-13(19)11-12;/h3-6,9-10,12-13H,2,7-8,11,19H2,1H3,(H,20,23);1H. The van der Waals surface area contributed by atoms with Crippen LogP contribution in [0.4, 0.5) is 5.69 Å². The van der Waals surface area contributed by atoms with Gasteiger partial charge < -0.3 is 15.8 Å². The van der Waals surface area contributed by atoms with Crippen LogP contribution >= 0.6 is 12.4 Å². The van der Waals surface area contributed by atoms with E-state index in [2.05, 4.69) is 10.4 Å². The van der Waals surface area contributed by atoms with Crippen molar-refractivity contribution in [2.24, 2.45) is 11.7 Å². The van der Waals surface area contributed by atoms with E-state index in [4.69, 9.17) is 10.5 Å². The number of nitrogens with one attached hydrogen (secondary N) is 1. The number of para-hydroxylation sites is 2. The summed E-state index contributed by atoms with van der Waals surface area (Å²) in [4.78, 5) is 24.2. The SMILES string of the molecule is CCOC(=O)c1ccn(-c2ccccc2NC(=O)C2CCC(N)C2)n1.Cl. The number of carbonyl (C=O) groups is 2. The summed E-state index contributed by atoms with van der Waals surface area (Å²) >= 11 is 0. The molecule has 3 rings (SSSR count). The average molecular weight is 379 g/mol. The van der Waals surface area contributed by atoms with Gasteiger partial charge in [-0.05, 0) is 44.4 Å². The zero-order valence-corrected chi connectivity index (χ0v) is 15.4. The third kappa shape index (κ3) is 4.42. The lowest BCUT2D eigenvalue weighted by Gasteiger charge is -2.14. The summed E-state index contributed by atoms with van der Waals surface area (Å²) < 4.78 is 6.51. The van der Waals surface area contributed by atoms with Crippen molar-refractivity contribution in [3.8, 4) is 5.69 Å². The summed E-state index contributed by atoms with van der Waals surface area (Å²) in [6, 6.07) is 9.03. The van der Waals surface area contributed by atoms with Crippen LogP contribution in [-0.4, -0.2) is 34.3 Å². The minimum absolute atomic E-state index is 0. The topological polar surface area (TPSA) is 99.2 Å². The number of nitrogens with two attached hydrogens (primary N) is 1. The van der Waals surface area contributed by atoms with Gasteiger partial charge in [0.1, 0.15) is 0 Å².